The van der Waals surface area contributed by atoms with Gasteiger partial charge in [0, 0.05) is 18.6 Å². The predicted octanol–water partition coefficient (Wildman–Crippen LogP) is 2.23. The largest absolute Gasteiger partial charge is 0.368 e. The van der Waals surface area contributed by atoms with Crippen LogP contribution in [0.25, 0.3) is 5.65 Å². The van der Waals surface area contributed by atoms with Crippen LogP contribution in [0.1, 0.15) is 32.6 Å². The van der Waals surface area contributed by atoms with Gasteiger partial charge in [-0.2, -0.15) is 0 Å². The van der Waals surface area contributed by atoms with Crippen molar-refractivity contribution in [2.45, 2.75) is 38.2 Å². The number of aromatic nitrogens is 2. The van der Waals surface area contributed by atoms with Crippen LogP contribution in [0.4, 0.5) is 0 Å². The van der Waals surface area contributed by atoms with E-state index in [4.69, 9.17) is 4.74 Å². The smallest absolute Gasteiger partial charge is 0.152 e. The van der Waals surface area contributed by atoms with Gasteiger partial charge in [0.1, 0.15) is 11.8 Å². The van der Waals surface area contributed by atoms with Crippen molar-refractivity contribution in [2.75, 3.05) is 6.26 Å². The summed E-state index contributed by atoms with van der Waals surface area (Å²) >= 11 is 0. The van der Waals surface area contributed by atoms with Crippen molar-refractivity contribution in [3.8, 4) is 0 Å². The molecule has 2 aromatic heterocycles. The topological polar surface area (TPSA) is 60.7 Å². The fraction of sp³-hybridized carbons (Fsp3) is 0.500. The van der Waals surface area contributed by atoms with Gasteiger partial charge in [0.2, 0.25) is 0 Å². The molecule has 5 nitrogen and oxygen atoms in total. The summed E-state index contributed by atoms with van der Waals surface area (Å²) in [4.78, 5) is 4.47. The molecule has 2 rings (SSSR count). The van der Waals surface area contributed by atoms with Crippen LogP contribution in [0.2, 0.25) is 0 Å². The number of nitrogens with zero attached hydrogens (tertiary/aromatic N) is 2. The summed E-state index contributed by atoms with van der Waals surface area (Å²) in [7, 11) is -3.21. The van der Waals surface area contributed by atoms with E-state index >= 15 is 0 Å². The Morgan fingerprint density at radius 2 is 1.95 bits per heavy atom. The van der Waals surface area contributed by atoms with Crippen molar-refractivity contribution in [1.29, 1.82) is 0 Å². The standard InChI is InChI=1S/C14H20N2O3S/c1-10(2)19-14(11(3)20(4,17)18)12-9-16-8-6-5-7-13(16)15-12/h5-11,14H,1-4H3/t11-,14+/m1/s1. The molecular formula is C14H20N2O3S. The van der Waals surface area contributed by atoms with E-state index in [1.807, 2.05) is 48.8 Å². The van der Waals surface area contributed by atoms with Crippen LogP contribution in [0.15, 0.2) is 30.6 Å². The number of imidazole rings is 1. The molecule has 0 aromatic carbocycles. The molecule has 0 spiro atoms. The fourth-order valence-corrected chi connectivity index (χ4v) is 2.68. The van der Waals surface area contributed by atoms with E-state index in [1.54, 1.807) is 6.92 Å². The van der Waals surface area contributed by atoms with Crippen molar-refractivity contribution in [2.24, 2.45) is 0 Å². The Kier molecular flexibility index (Phi) is 4.15. The molecule has 2 aromatic rings. The second-order valence-electron chi connectivity index (χ2n) is 5.27. The van der Waals surface area contributed by atoms with Crippen LogP contribution in [0.3, 0.4) is 0 Å². The Morgan fingerprint density at radius 1 is 1.25 bits per heavy atom. The molecule has 0 aliphatic carbocycles. The van der Waals surface area contributed by atoms with E-state index in [9.17, 15) is 8.42 Å². The summed E-state index contributed by atoms with van der Waals surface area (Å²) in [5.74, 6) is 0. The lowest BCUT2D eigenvalue weighted by Gasteiger charge is -2.23. The Bertz CT molecular complexity index is 658. The van der Waals surface area contributed by atoms with Gasteiger partial charge in [-0.05, 0) is 32.9 Å². The number of pyridine rings is 1. The molecule has 110 valence electrons. The average molecular weight is 296 g/mol. The SMILES string of the molecule is CC(C)O[C@H](c1cn2ccccc2n1)[C@@H](C)S(C)(=O)=O. The van der Waals surface area contributed by atoms with Crippen LogP contribution in [-0.2, 0) is 14.6 Å². The van der Waals surface area contributed by atoms with Crippen molar-refractivity contribution < 1.29 is 13.2 Å². The Hall–Kier alpha value is -1.40. The van der Waals surface area contributed by atoms with Crippen LogP contribution in [0, 0.1) is 0 Å². The lowest BCUT2D eigenvalue weighted by Crippen LogP contribution is -2.28. The zero-order valence-corrected chi connectivity index (χ0v) is 13.0. The third-order valence-electron chi connectivity index (χ3n) is 3.19. The van der Waals surface area contributed by atoms with Crippen LogP contribution >= 0.6 is 0 Å². The molecule has 2 heterocycles. The summed E-state index contributed by atoms with van der Waals surface area (Å²) in [6.45, 7) is 5.43. The minimum absolute atomic E-state index is 0.0750. The van der Waals surface area contributed by atoms with Crippen molar-refractivity contribution >= 4 is 15.5 Å². The Labute approximate surface area is 119 Å². The number of ether oxygens (including phenoxy) is 1. The highest BCUT2D eigenvalue weighted by Gasteiger charge is 2.31. The van der Waals surface area contributed by atoms with Crippen molar-refractivity contribution in [1.82, 2.24) is 9.38 Å². The molecule has 0 radical (unpaired) electrons. The zero-order valence-electron chi connectivity index (χ0n) is 12.1. The van der Waals surface area contributed by atoms with Gasteiger partial charge in [-0.15, -0.1) is 0 Å². The number of fused-ring (bicyclic) bond motifs is 1. The first kappa shape index (κ1) is 15.0. The number of hydrogen-bond donors (Lipinski definition) is 0. The summed E-state index contributed by atoms with van der Waals surface area (Å²) < 4.78 is 31.3. The van der Waals surface area contributed by atoms with Gasteiger partial charge in [0.25, 0.3) is 0 Å². The lowest BCUT2D eigenvalue weighted by molar-refractivity contribution is 0.00445. The van der Waals surface area contributed by atoms with E-state index in [0.29, 0.717) is 5.69 Å². The average Bonchev–Trinajstić information content (AvgIpc) is 2.77. The molecule has 0 fully saturated rings. The first-order chi connectivity index (χ1) is 9.29. The summed E-state index contributed by atoms with van der Waals surface area (Å²) in [5.41, 5.74) is 1.42. The van der Waals surface area contributed by atoms with E-state index in [0.717, 1.165) is 5.65 Å². The van der Waals surface area contributed by atoms with Gasteiger partial charge in [0.05, 0.1) is 17.0 Å². The van der Waals surface area contributed by atoms with Gasteiger partial charge in [-0.1, -0.05) is 6.07 Å². The van der Waals surface area contributed by atoms with E-state index in [-0.39, 0.29) is 6.10 Å². The molecule has 0 aliphatic rings. The molecule has 0 saturated heterocycles. The lowest BCUT2D eigenvalue weighted by atomic mass is 10.2. The normalized spacial score (nSPS) is 15.7. The molecule has 0 bridgehead atoms. The molecule has 2 atom stereocenters. The Morgan fingerprint density at radius 3 is 2.50 bits per heavy atom. The van der Waals surface area contributed by atoms with Gasteiger partial charge in [-0.3, -0.25) is 0 Å². The van der Waals surface area contributed by atoms with E-state index in [2.05, 4.69) is 4.98 Å². The molecule has 0 N–H and O–H groups in total. The zero-order chi connectivity index (χ0) is 14.9. The third kappa shape index (κ3) is 3.19. The van der Waals surface area contributed by atoms with Crippen LogP contribution < -0.4 is 0 Å². The van der Waals surface area contributed by atoms with E-state index in [1.165, 1.54) is 6.26 Å². The maximum atomic E-state index is 11.8. The van der Waals surface area contributed by atoms with Crippen LogP contribution in [-0.4, -0.2) is 35.4 Å². The number of rotatable bonds is 5. The number of hydrogen-bond acceptors (Lipinski definition) is 4. The van der Waals surface area contributed by atoms with Crippen LogP contribution in [0.5, 0.6) is 0 Å². The van der Waals surface area contributed by atoms with Crippen molar-refractivity contribution in [3.05, 3.63) is 36.3 Å². The highest BCUT2D eigenvalue weighted by molar-refractivity contribution is 7.91. The van der Waals surface area contributed by atoms with Gasteiger partial charge in [-0.25, -0.2) is 13.4 Å². The van der Waals surface area contributed by atoms with Gasteiger partial charge in [0.15, 0.2) is 9.84 Å². The fourth-order valence-electron chi connectivity index (χ4n) is 2.03. The summed E-state index contributed by atoms with van der Waals surface area (Å²) in [5, 5.41) is -0.644. The third-order valence-corrected chi connectivity index (χ3v) is 4.79. The molecule has 0 saturated carbocycles. The first-order valence-electron chi connectivity index (χ1n) is 6.57. The quantitative estimate of drug-likeness (QED) is 0.849. The second kappa shape index (κ2) is 5.54. The first-order valence-corrected chi connectivity index (χ1v) is 8.52. The monoisotopic (exact) mass is 296 g/mol. The molecule has 0 aliphatic heterocycles. The van der Waals surface area contributed by atoms with Crippen molar-refractivity contribution in [3.63, 3.8) is 0 Å². The molecular weight excluding hydrogens is 276 g/mol. The van der Waals surface area contributed by atoms with E-state index < -0.39 is 21.2 Å². The maximum Gasteiger partial charge on any atom is 0.152 e. The maximum absolute atomic E-state index is 11.8. The predicted molar refractivity (Wildman–Crippen MR) is 78.5 cm³/mol. The Balaban J connectivity index is 2.45. The molecule has 20 heavy (non-hydrogen) atoms. The van der Waals surface area contributed by atoms with Gasteiger partial charge >= 0.3 is 0 Å². The number of sulfone groups is 1. The second-order valence-corrected chi connectivity index (χ2v) is 7.67. The molecule has 0 unspecified atom stereocenters. The summed E-state index contributed by atoms with van der Waals surface area (Å²) in [6, 6.07) is 5.67. The van der Waals surface area contributed by atoms with Gasteiger partial charge < -0.3 is 9.14 Å². The minimum atomic E-state index is -3.21. The summed E-state index contributed by atoms with van der Waals surface area (Å²) in [6.07, 6.45) is 4.29. The highest BCUT2D eigenvalue weighted by atomic mass is 32.2. The minimum Gasteiger partial charge on any atom is -0.368 e. The molecule has 6 heteroatoms. The molecule has 0 amide bonds. The highest BCUT2D eigenvalue weighted by Crippen LogP contribution is 2.26.